The van der Waals surface area contributed by atoms with Gasteiger partial charge >= 0.3 is 12.2 Å². The fraction of sp³-hybridized carbons (Fsp3) is 0.438. The predicted molar refractivity (Wildman–Crippen MR) is 95.9 cm³/mol. The van der Waals surface area contributed by atoms with Gasteiger partial charge in [-0.1, -0.05) is 0 Å². The van der Waals surface area contributed by atoms with Crippen LogP contribution in [0.2, 0.25) is 0 Å². The molecule has 2 heterocycles. The molecule has 3 N–H and O–H groups in total. The van der Waals surface area contributed by atoms with E-state index in [1.807, 2.05) is 5.32 Å². The van der Waals surface area contributed by atoms with Crippen molar-refractivity contribution < 1.29 is 26.6 Å². The molecule has 0 saturated heterocycles. The number of aromatic nitrogens is 3. The van der Waals surface area contributed by atoms with E-state index in [1.165, 1.54) is 6.92 Å². The minimum absolute atomic E-state index is 0.246. The van der Waals surface area contributed by atoms with Gasteiger partial charge in [-0.15, -0.1) is 4.36 Å². The van der Waals surface area contributed by atoms with Crippen LogP contribution in [-0.4, -0.2) is 25.0 Å². The Balaban J connectivity index is 2.04. The summed E-state index contributed by atoms with van der Waals surface area (Å²) in [5.74, 6) is -1.03. The number of rotatable bonds is 3. The van der Waals surface area contributed by atoms with E-state index >= 15 is 0 Å². The molecule has 0 spiro atoms. The molecule has 13 heteroatoms. The molecule has 0 aliphatic heterocycles. The molecule has 3 rings (SSSR count). The number of alkyl halides is 3. The van der Waals surface area contributed by atoms with E-state index in [0.717, 1.165) is 10.9 Å². The number of nitrogens with zero attached hydrogens (tertiary/aromatic N) is 4. The largest absolute Gasteiger partial charge is 0.420 e. The maximum absolute atomic E-state index is 13.9. The van der Waals surface area contributed by atoms with Gasteiger partial charge in [-0.2, -0.15) is 18.3 Å². The first kappa shape index (κ1) is 21.2. The first-order valence-electron chi connectivity index (χ1n) is 8.62. The van der Waals surface area contributed by atoms with E-state index in [4.69, 9.17) is 5.14 Å². The van der Waals surface area contributed by atoms with Crippen molar-refractivity contribution >= 4 is 21.6 Å². The molecule has 2 amide bonds. The first-order valence-corrected chi connectivity index (χ1v) is 10.2. The summed E-state index contributed by atoms with van der Waals surface area (Å²) in [7, 11) is -4.11. The Hall–Kier alpha value is -2.54. The molecule has 29 heavy (non-hydrogen) atoms. The second-order valence-electron chi connectivity index (χ2n) is 6.45. The summed E-state index contributed by atoms with van der Waals surface area (Å²) in [4.78, 5) is 16.3. The second kappa shape index (κ2) is 7.37. The van der Waals surface area contributed by atoms with Crippen LogP contribution in [0.1, 0.15) is 35.9 Å². The molecule has 0 fully saturated rings. The number of hydrogen-bond donors (Lipinski definition) is 2. The normalized spacial score (nSPS) is 15.7. The van der Waals surface area contributed by atoms with Gasteiger partial charge in [0.1, 0.15) is 5.56 Å². The molecule has 1 aliphatic rings. The number of hydrogen-bond acceptors (Lipinski definition) is 4. The highest BCUT2D eigenvalue weighted by Crippen LogP contribution is 2.41. The van der Waals surface area contributed by atoms with Gasteiger partial charge in [-0.05, 0) is 38.7 Å². The van der Waals surface area contributed by atoms with Crippen LogP contribution in [0.4, 0.5) is 28.0 Å². The zero-order valence-electron chi connectivity index (χ0n) is 15.5. The van der Waals surface area contributed by atoms with Crippen molar-refractivity contribution in [2.75, 3.05) is 5.32 Å². The van der Waals surface area contributed by atoms with Crippen molar-refractivity contribution in [3.8, 4) is 0 Å². The zero-order chi connectivity index (χ0) is 21.6. The molecule has 0 aromatic carbocycles. The lowest BCUT2D eigenvalue weighted by Gasteiger charge is -2.18. The van der Waals surface area contributed by atoms with Crippen LogP contribution >= 0.6 is 0 Å². The van der Waals surface area contributed by atoms with Crippen LogP contribution < -0.4 is 10.5 Å². The summed E-state index contributed by atoms with van der Waals surface area (Å²) in [6.07, 6.45) is -2.52. The van der Waals surface area contributed by atoms with Crippen LogP contribution in [0, 0.1) is 12.7 Å². The molecule has 0 bridgehead atoms. The molecule has 0 saturated carbocycles. The van der Waals surface area contributed by atoms with Crippen molar-refractivity contribution in [3.63, 3.8) is 0 Å². The number of nitrogens with two attached hydrogens (primary N) is 1. The number of pyridine rings is 1. The average Bonchev–Trinajstić information content (AvgIpc) is 3.19. The second-order valence-corrected chi connectivity index (χ2v) is 8.16. The summed E-state index contributed by atoms with van der Waals surface area (Å²) in [6.45, 7) is 3.08. The molecule has 1 aliphatic carbocycles. The number of anilines is 1. The minimum Gasteiger partial charge on any atom is -0.304 e. The summed E-state index contributed by atoms with van der Waals surface area (Å²) in [5, 5.41) is 10.4. The smallest absolute Gasteiger partial charge is 0.304 e. The predicted octanol–water partition coefficient (Wildman–Crippen LogP) is 3.19. The quantitative estimate of drug-likeness (QED) is 0.722. The Morgan fingerprint density at radius 3 is 2.69 bits per heavy atom. The van der Waals surface area contributed by atoms with Crippen LogP contribution in [0.25, 0.3) is 0 Å². The van der Waals surface area contributed by atoms with Crippen LogP contribution in [0.3, 0.4) is 0 Å². The maximum Gasteiger partial charge on any atom is 0.420 e. The SMILES string of the molecule is CCn1cc(F)c(S(N)(=O)=NC(=O)Nc2c3c(nc(C)c2C(F)(F)F)CCC3)n1. The van der Waals surface area contributed by atoms with Crippen molar-refractivity contribution in [2.45, 2.75) is 50.9 Å². The van der Waals surface area contributed by atoms with E-state index in [2.05, 4.69) is 14.4 Å². The Morgan fingerprint density at radius 1 is 1.41 bits per heavy atom. The first-order chi connectivity index (χ1) is 13.4. The lowest BCUT2D eigenvalue weighted by atomic mass is 10.0. The molecule has 158 valence electrons. The number of fused-ring (bicyclic) bond motifs is 1. The Morgan fingerprint density at radius 2 is 2.10 bits per heavy atom. The number of carbonyl (C=O) groups is 1. The molecule has 0 radical (unpaired) electrons. The van der Waals surface area contributed by atoms with Gasteiger partial charge in [0.05, 0.1) is 17.6 Å². The van der Waals surface area contributed by atoms with E-state index in [-0.39, 0.29) is 24.2 Å². The van der Waals surface area contributed by atoms with E-state index in [9.17, 15) is 26.6 Å². The Labute approximate surface area is 163 Å². The fourth-order valence-electron chi connectivity index (χ4n) is 3.23. The van der Waals surface area contributed by atoms with Gasteiger partial charge in [0.15, 0.2) is 15.7 Å². The maximum atomic E-state index is 13.9. The van der Waals surface area contributed by atoms with Gasteiger partial charge in [0.2, 0.25) is 5.03 Å². The number of halogens is 4. The Bertz CT molecular complexity index is 1100. The molecule has 1 atom stereocenters. The third-order valence-corrected chi connectivity index (χ3v) is 5.69. The topological polar surface area (TPSA) is 115 Å². The number of aryl methyl sites for hydroxylation is 3. The number of nitrogens with one attached hydrogen (secondary N) is 1. The van der Waals surface area contributed by atoms with Gasteiger partial charge in [0.25, 0.3) is 0 Å². The molecule has 2 aromatic heterocycles. The average molecular weight is 434 g/mol. The van der Waals surface area contributed by atoms with Gasteiger partial charge < -0.3 is 5.32 Å². The summed E-state index contributed by atoms with van der Waals surface area (Å²) >= 11 is 0. The van der Waals surface area contributed by atoms with Gasteiger partial charge in [0, 0.05) is 12.2 Å². The third-order valence-electron chi connectivity index (χ3n) is 4.43. The third kappa shape index (κ3) is 4.10. The monoisotopic (exact) mass is 434 g/mol. The van der Waals surface area contributed by atoms with E-state index in [1.54, 1.807) is 6.92 Å². The van der Waals surface area contributed by atoms with Crippen molar-refractivity contribution in [3.05, 3.63) is 34.5 Å². The van der Waals surface area contributed by atoms with Crippen LogP contribution in [0.5, 0.6) is 0 Å². The molecular formula is C16H18F4N6O2S. The lowest BCUT2D eigenvalue weighted by Crippen LogP contribution is -2.22. The van der Waals surface area contributed by atoms with Crippen LogP contribution in [-0.2, 0) is 35.5 Å². The van der Waals surface area contributed by atoms with Gasteiger partial charge in [-0.3, -0.25) is 9.67 Å². The summed E-state index contributed by atoms with van der Waals surface area (Å²) in [6, 6.07) is -1.40. The van der Waals surface area contributed by atoms with E-state index in [0.29, 0.717) is 18.5 Å². The van der Waals surface area contributed by atoms with E-state index < -0.39 is 44.2 Å². The van der Waals surface area contributed by atoms with Crippen molar-refractivity contribution in [1.82, 2.24) is 14.8 Å². The molecular weight excluding hydrogens is 416 g/mol. The lowest BCUT2D eigenvalue weighted by molar-refractivity contribution is -0.137. The number of amides is 2. The van der Waals surface area contributed by atoms with Crippen LogP contribution in [0.15, 0.2) is 15.6 Å². The highest BCUT2D eigenvalue weighted by Gasteiger charge is 2.39. The highest BCUT2D eigenvalue weighted by molar-refractivity contribution is 7.91. The number of carbonyl (C=O) groups excluding carboxylic acids is 1. The number of urea groups is 1. The standard InChI is InChI=1S/C16H18F4N6O2S/c1-3-26-7-10(17)14(24-26)29(21,28)25-15(27)23-13-9-5-4-6-11(9)22-8(2)12(13)16(18,19)20/h7H,3-6H2,1-2H3,(H3,21,22,23,25,27,28). The van der Waals surface area contributed by atoms with Crippen molar-refractivity contribution in [2.24, 2.45) is 9.50 Å². The highest BCUT2D eigenvalue weighted by atomic mass is 32.2. The van der Waals surface area contributed by atoms with Gasteiger partial charge in [-0.25, -0.2) is 18.5 Å². The summed E-state index contributed by atoms with van der Waals surface area (Å²) in [5.41, 5.74) is -1.19. The summed E-state index contributed by atoms with van der Waals surface area (Å²) < 4.78 is 71.4. The molecule has 1 unspecified atom stereocenters. The van der Waals surface area contributed by atoms with Crippen molar-refractivity contribution in [1.29, 1.82) is 0 Å². The minimum atomic E-state index is -4.78. The zero-order valence-corrected chi connectivity index (χ0v) is 16.3. The molecule has 2 aromatic rings. The Kier molecular flexibility index (Phi) is 5.38. The fourth-order valence-corrected chi connectivity index (χ4v) is 4.16. The molecule has 8 nitrogen and oxygen atoms in total.